The Labute approximate surface area is 117 Å². The molecule has 0 aliphatic heterocycles. The van der Waals surface area contributed by atoms with Gasteiger partial charge in [-0.1, -0.05) is 18.2 Å². The predicted molar refractivity (Wildman–Crippen MR) is 71.2 cm³/mol. The van der Waals surface area contributed by atoms with Crippen molar-refractivity contribution in [3.8, 4) is 0 Å². The molecular weight excluding hydrogens is 319 g/mol. The lowest BCUT2D eigenvalue weighted by Crippen LogP contribution is -2.15. The quantitative estimate of drug-likeness (QED) is 0.876. The van der Waals surface area contributed by atoms with Crippen molar-refractivity contribution in [2.45, 2.75) is 13.0 Å². The van der Waals surface area contributed by atoms with Crippen molar-refractivity contribution in [1.29, 1.82) is 0 Å². The highest BCUT2D eigenvalue weighted by atomic mass is 79.9. The Hall–Kier alpha value is -1.33. The summed E-state index contributed by atoms with van der Waals surface area (Å²) < 4.78 is 41.0. The van der Waals surface area contributed by atoms with Crippen molar-refractivity contribution in [2.75, 3.05) is 0 Å². The van der Waals surface area contributed by atoms with Gasteiger partial charge in [-0.25, -0.2) is 13.2 Å². The Bertz CT molecular complexity index is 628. The molecule has 1 atom stereocenters. The van der Waals surface area contributed by atoms with Crippen molar-refractivity contribution < 1.29 is 13.2 Å². The average molecular weight is 330 g/mol. The van der Waals surface area contributed by atoms with E-state index in [0.29, 0.717) is 10.0 Å². The summed E-state index contributed by atoms with van der Waals surface area (Å²) in [6.07, 6.45) is 0. The molecule has 0 aromatic heterocycles. The summed E-state index contributed by atoms with van der Waals surface area (Å²) in [4.78, 5) is 0. The van der Waals surface area contributed by atoms with Crippen LogP contribution in [0.1, 0.15) is 22.7 Å². The van der Waals surface area contributed by atoms with Crippen LogP contribution in [0.15, 0.2) is 34.8 Å². The number of benzene rings is 2. The first-order valence-electron chi connectivity index (χ1n) is 5.57. The monoisotopic (exact) mass is 329 g/mol. The first-order chi connectivity index (χ1) is 8.91. The Morgan fingerprint density at radius 2 is 1.74 bits per heavy atom. The van der Waals surface area contributed by atoms with Crippen LogP contribution in [0.4, 0.5) is 13.2 Å². The average Bonchev–Trinajstić information content (AvgIpc) is 2.39. The zero-order chi connectivity index (χ0) is 14.2. The molecule has 0 aliphatic rings. The van der Waals surface area contributed by atoms with E-state index in [4.69, 9.17) is 5.73 Å². The van der Waals surface area contributed by atoms with Crippen molar-refractivity contribution in [2.24, 2.45) is 5.73 Å². The molecule has 0 spiro atoms. The Balaban J connectivity index is 2.47. The maximum Gasteiger partial charge on any atom is 0.164 e. The van der Waals surface area contributed by atoms with Crippen LogP contribution in [0, 0.1) is 24.4 Å². The van der Waals surface area contributed by atoms with Gasteiger partial charge in [0.1, 0.15) is 5.82 Å². The summed E-state index contributed by atoms with van der Waals surface area (Å²) in [6, 6.07) is 6.19. The fourth-order valence-corrected chi connectivity index (χ4v) is 2.03. The fraction of sp³-hybridized carbons (Fsp3) is 0.143. The molecule has 0 aliphatic carbocycles. The second-order valence-electron chi connectivity index (χ2n) is 4.25. The third kappa shape index (κ3) is 2.67. The van der Waals surface area contributed by atoms with E-state index in [1.54, 1.807) is 6.07 Å². The van der Waals surface area contributed by atoms with Crippen molar-refractivity contribution in [1.82, 2.24) is 0 Å². The molecule has 2 aromatic carbocycles. The first kappa shape index (κ1) is 14.1. The van der Waals surface area contributed by atoms with Gasteiger partial charge in [-0.2, -0.15) is 0 Å². The normalized spacial score (nSPS) is 12.5. The third-order valence-corrected chi connectivity index (χ3v) is 3.59. The van der Waals surface area contributed by atoms with Crippen LogP contribution < -0.4 is 5.73 Å². The highest BCUT2D eigenvalue weighted by Gasteiger charge is 2.18. The smallest absolute Gasteiger partial charge is 0.164 e. The predicted octanol–water partition coefficient (Wildman–Crippen LogP) is 4.22. The van der Waals surface area contributed by atoms with Crippen molar-refractivity contribution >= 4 is 15.9 Å². The molecule has 2 aromatic rings. The van der Waals surface area contributed by atoms with Gasteiger partial charge in [0.2, 0.25) is 0 Å². The minimum Gasteiger partial charge on any atom is -0.320 e. The standard InChI is InChI=1S/C14H11BrF3N/c1-7-2-4-9(13(18)12(7)17)14(19)8-3-5-10(15)11(16)6-8/h2-6,14H,19H2,1H3. The number of nitrogens with two attached hydrogens (primary N) is 1. The van der Waals surface area contributed by atoms with Crippen LogP contribution >= 0.6 is 15.9 Å². The number of hydrogen-bond acceptors (Lipinski definition) is 1. The SMILES string of the molecule is Cc1ccc(C(N)c2ccc(Br)c(F)c2)c(F)c1F. The van der Waals surface area contributed by atoms with Gasteiger partial charge in [0, 0.05) is 5.56 Å². The highest BCUT2D eigenvalue weighted by molar-refractivity contribution is 9.10. The van der Waals surface area contributed by atoms with Gasteiger partial charge in [-0.05, 0) is 46.1 Å². The molecule has 0 radical (unpaired) electrons. The second kappa shape index (κ2) is 5.35. The lowest BCUT2D eigenvalue weighted by Gasteiger charge is -2.15. The van der Waals surface area contributed by atoms with Crippen LogP contribution in [0.25, 0.3) is 0 Å². The molecule has 0 heterocycles. The van der Waals surface area contributed by atoms with Gasteiger partial charge in [0.25, 0.3) is 0 Å². The van der Waals surface area contributed by atoms with E-state index in [9.17, 15) is 13.2 Å². The third-order valence-electron chi connectivity index (χ3n) is 2.94. The lowest BCUT2D eigenvalue weighted by molar-refractivity contribution is 0.489. The molecule has 0 saturated heterocycles. The zero-order valence-electron chi connectivity index (χ0n) is 10.1. The largest absolute Gasteiger partial charge is 0.320 e. The van der Waals surface area contributed by atoms with Gasteiger partial charge in [0.05, 0.1) is 10.5 Å². The van der Waals surface area contributed by atoms with Crippen LogP contribution in [0.5, 0.6) is 0 Å². The van der Waals surface area contributed by atoms with Crippen molar-refractivity contribution in [3.05, 3.63) is 68.9 Å². The highest BCUT2D eigenvalue weighted by Crippen LogP contribution is 2.27. The van der Waals surface area contributed by atoms with Crippen LogP contribution in [-0.4, -0.2) is 0 Å². The Morgan fingerprint density at radius 1 is 1.05 bits per heavy atom. The molecular formula is C14H11BrF3N. The number of aryl methyl sites for hydroxylation is 1. The summed E-state index contributed by atoms with van der Waals surface area (Å²) in [7, 11) is 0. The molecule has 1 unspecified atom stereocenters. The van der Waals surface area contributed by atoms with E-state index in [1.165, 1.54) is 31.2 Å². The molecule has 2 N–H and O–H groups in total. The summed E-state index contributed by atoms with van der Waals surface area (Å²) in [5.74, 6) is -2.41. The van der Waals surface area contributed by atoms with E-state index in [2.05, 4.69) is 15.9 Å². The minimum absolute atomic E-state index is 0.00447. The molecule has 0 bridgehead atoms. The van der Waals surface area contributed by atoms with E-state index < -0.39 is 23.5 Å². The molecule has 5 heteroatoms. The number of halogens is 4. The topological polar surface area (TPSA) is 26.0 Å². The molecule has 2 rings (SSSR count). The maximum absolute atomic E-state index is 13.8. The summed E-state index contributed by atoms with van der Waals surface area (Å²) >= 11 is 3.02. The molecule has 1 nitrogen and oxygen atoms in total. The zero-order valence-corrected chi connectivity index (χ0v) is 11.6. The molecule has 19 heavy (non-hydrogen) atoms. The van der Waals surface area contributed by atoms with Crippen molar-refractivity contribution in [3.63, 3.8) is 0 Å². The van der Waals surface area contributed by atoms with Crippen LogP contribution in [0.3, 0.4) is 0 Å². The van der Waals surface area contributed by atoms with E-state index in [0.717, 1.165) is 0 Å². The Kier molecular flexibility index (Phi) is 3.96. The molecule has 0 saturated carbocycles. The van der Waals surface area contributed by atoms with Gasteiger partial charge in [-0.3, -0.25) is 0 Å². The summed E-state index contributed by atoms with van der Waals surface area (Å²) in [5.41, 5.74) is 6.45. The molecule has 0 amide bonds. The second-order valence-corrected chi connectivity index (χ2v) is 5.11. The first-order valence-corrected chi connectivity index (χ1v) is 6.36. The lowest BCUT2D eigenvalue weighted by atomic mass is 9.98. The van der Waals surface area contributed by atoms with Gasteiger partial charge >= 0.3 is 0 Å². The number of hydrogen-bond donors (Lipinski definition) is 1. The fourth-order valence-electron chi connectivity index (χ4n) is 1.79. The molecule has 100 valence electrons. The van der Waals surface area contributed by atoms with E-state index in [-0.39, 0.29) is 11.1 Å². The minimum atomic E-state index is -0.990. The summed E-state index contributed by atoms with van der Waals surface area (Å²) in [5, 5.41) is 0. The van der Waals surface area contributed by atoms with Gasteiger partial charge < -0.3 is 5.73 Å². The van der Waals surface area contributed by atoms with E-state index >= 15 is 0 Å². The Morgan fingerprint density at radius 3 is 2.37 bits per heavy atom. The molecule has 0 fully saturated rings. The van der Waals surface area contributed by atoms with E-state index in [1.807, 2.05) is 0 Å². The maximum atomic E-state index is 13.8. The summed E-state index contributed by atoms with van der Waals surface area (Å²) in [6.45, 7) is 1.47. The van der Waals surface area contributed by atoms with Gasteiger partial charge in [0.15, 0.2) is 11.6 Å². The van der Waals surface area contributed by atoms with Gasteiger partial charge in [-0.15, -0.1) is 0 Å². The van der Waals surface area contributed by atoms with Crippen LogP contribution in [0.2, 0.25) is 0 Å². The number of rotatable bonds is 2. The van der Waals surface area contributed by atoms with Crippen LogP contribution in [-0.2, 0) is 0 Å².